The van der Waals surface area contributed by atoms with E-state index in [-0.39, 0.29) is 5.91 Å². The fourth-order valence-electron chi connectivity index (χ4n) is 1.97. The summed E-state index contributed by atoms with van der Waals surface area (Å²) in [4.78, 5) is 12.2. The predicted octanol–water partition coefficient (Wildman–Crippen LogP) is 3.94. The Bertz CT molecular complexity index is 590. The fourth-order valence-corrected chi connectivity index (χ4v) is 2.74. The third kappa shape index (κ3) is 3.58. The van der Waals surface area contributed by atoms with Crippen LogP contribution in [0.25, 0.3) is 0 Å². The van der Waals surface area contributed by atoms with E-state index >= 15 is 0 Å². The minimum atomic E-state index is -0.0360. The van der Waals surface area contributed by atoms with Gasteiger partial charge in [0.25, 0.3) is 0 Å². The normalized spacial score (nSPS) is 10.3. The highest BCUT2D eigenvalue weighted by atomic mass is 32.1. The average molecular weight is 274 g/mol. The van der Waals surface area contributed by atoms with E-state index in [1.807, 2.05) is 11.4 Å². The summed E-state index contributed by atoms with van der Waals surface area (Å²) >= 11 is 1.64. The smallest absolute Gasteiger partial charge is 0.221 e. The van der Waals surface area contributed by atoms with Crippen molar-refractivity contribution in [1.29, 1.82) is 0 Å². The first-order valence-electron chi connectivity index (χ1n) is 6.21. The summed E-state index contributed by atoms with van der Waals surface area (Å²) in [5, 5.41) is 8.25. The van der Waals surface area contributed by atoms with Crippen LogP contribution < -0.4 is 10.6 Å². The molecule has 0 unspecified atom stereocenters. The Morgan fingerprint density at radius 3 is 2.68 bits per heavy atom. The van der Waals surface area contributed by atoms with Gasteiger partial charge in [-0.25, -0.2) is 0 Å². The number of anilines is 2. The van der Waals surface area contributed by atoms with Crippen molar-refractivity contribution < 1.29 is 4.79 Å². The summed E-state index contributed by atoms with van der Waals surface area (Å²) in [5.41, 5.74) is 4.53. The molecule has 0 saturated heterocycles. The molecule has 1 aromatic heterocycles. The van der Waals surface area contributed by atoms with Gasteiger partial charge in [-0.05, 0) is 36.9 Å². The number of hydrogen-bond acceptors (Lipinski definition) is 3. The number of thiophene rings is 1. The number of hydrogen-bond donors (Lipinski definition) is 2. The molecule has 0 aliphatic heterocycles. The molecule has 1 amide bonds. The van der Waals surface area contributed by atoms with Crippen molar-refractivity contribution in [2.75, 3.05) is 10.6 Å². The van der Waals surface area contributed by atoms with E-state index in [4.69, 9.17) is 0 Å². The molecule has 0 aliphatic carbocycles. The molecule has 0 spiro atoms. The highest BCUT2D eigenvalue weighted by Gasteiger charge is 2.06. The first kappa shape index (κ1) is 13.6. The lowest BCUT2D eigenvalue weighted by atomic mass is 10.1. The van der Waals surface area contributed by atoms with Crippen molar-refractivity contribution >= 4 is 28.6 Å². The topological polar surface area (TPSA) is 41.1 Å². The maximum Gasteiger partial charge on any atom is 0.221 e. The second-order valence-electron chi connectivity index (χ2n) is 4.61. The Morgan fingerprint density at radius 1 is 1.21 bits per heavy atom. The van der Waals surface area contributed by atoms with E-state index in [9.17, 15) is 4.79 Å². The number of aryl methyl sites for hydroxylation is 2. The van der Waals surface area contributed by atoms with Gasteiger partial charge < -0.3 is 10.6 Å². The van der Waals surface area contributed by atoms with Gasteiger partial charge in [0.15, 0.2) is 0 Å². The molecule has 100 valence electrons. The first-order valence-corrected chi connectivity index (χ1v) is 7.09. The van der Waals surface area contributed by atoms with Gasteiger partial charge in [-0.2, -0.15) is 0 Å². The van der Waals surface area contributed by atoms with Crippen LogP contribution in [0.5, 0.6) is 0 Å². The zero-order chi connectivity index (χ0) is 13.8. The predicted molar refractivity (Wildman–Crippen MR) is 81.9 cm³/mol. The third-order valence-electron chi connectivity index (χ3n) is 2.88. The van der Waals surface area contributed by atoms with Crippen molar-refractivity contribution in [2.45, 2.75) is 27.3 Å². The van der Waals surface area contributed by atoms with Gasteiger partial charge in [0.1, 0.15) is 0 Å². The molecule has 2 rings (SSSR count). The third-order valence-corrected chi connectivity index (χ3v) is 3.80. The van der Waals surface area contributed by atoms with Crippen molar-refractivity contribution in [3.05, 3.63) is 45.6 Å². The zero-order valence-electron chi connectivity index (χ0n) is 11.4. The van der Waals surface area contributed by atoms with Crippen LogP contribution in [0.2, 0.25) is 0 Å². The van der Waals surface area contributed by atoms with Gasteiger partial charge >= 0.3 is 0 Å². The fraction of sp³-hybridized carbons (Fsp3) is 0.267. The summed E-state index contributed by atoms with van der Waals surface area (Å²) in [5.74, 6) is -0.0360. The molecule has 0 fully saturated rings. The molecule has 4 heteroatoms. The summed E-state index contributed by atoms with van der Waals surface area (Å²) < 4.78 is 0. The van der Waals surface area contributed by atoms with Crippen LogP contribution in [-0.4, -0.2) is 5.91 Å². The van der Waals surface area contributed by atoms with E-state index in [1.165, 1.54) is 18.1 Å². The van der Waals surface area contributed by atoms with Crippen molar-refractivity contribution in [2.24, 2.45) is 0 Å². The second-order valence-corrected chi connectivity index (χ2v) is 5.61. The highest BCUT2D eigenvalue weighted by molar-refractivity contribution is 7.10. The Morgan fingerprint density at radius 2 is 2.00 bits per heavy atom. The number of carbonyl (C=O) groups excluding carboxylic acids is 1. The molecule has 0 saturated carbocycles. The van der Waals surface area contributed by atoms with Crippen LogP contribution >= 0.6 is 11.3 Å². The molecule has 19 heavy (non-hydrogen) atoms. The summed E-state index contributed by atoms with van der Waals surface area (Å²) in [7, 11) is 0. The molecule has 1 heterocycles. The largest absolute Gasteiger partial charge is 0.380 e. The van der Waals surface area contributed by atoms with E-state index in [0.717, 1.165) is 22.8 Å². The minimum Gasteiger partial charge on any atom is -0.380 e. The average Bonchev–Trinajstić information content (AvgIpc) is 2.74. The molecule has 3 nitrogen and oxygen atoms in total. The van der Waals surface area contributed by atoms with Crippen molar-refractivity contribution in [1.82, 2.24) is 0 Å². The molecule has 0 aliphatic rings. The van der Waals surface area contributed by atoms with Gasteiger partial charge in [-0.3, -0.25) is 4.79 Å². The van der Waals surface area contributed by atoms with Crippen LogP contribution in [0.15, 0.2) is 29.6 Å². The molecule has 0 radical (unpaired) electrons. The molecular formula is C15H18N2OS. The van der Waals surface area contributed by atoms with Crippen LogP contribution in [0.3, 0.4) is 0 Å². The lowest BCUT2D eigenvalue weighted by Crippen LogP contribution is -2.08. The van der Waals surface area contributed by atoms with Crippen molar-refractivity contribution in [3.63, 3.8) is 0 Å². The molecule has 2 aromatic rings. The lowest BCUT2D eigenvalue weighted by Gasteiger charge is -2.10. The summed E-state index contributed by atoms with van der Waals surface area (Å²) in [6, 6.07) is 8.28. The SMILES string of the molecule is CC(=O)Nc1ccsc1CNc1ccc(C)cc1C. The standard InChI is InChI=1S/C15H18N2OS/c1-10-4-5-13(11(2)8-10)16-9-15-14(6-7-19-15)17-12(3)18/h4-8,16H,9H2,1-3H3,(H,17,18). The maximum atomic E-state index is 11.1. The van der Waals surface area contributed by atoms with Gasteiger partial charge in [0, 0.05) is 17.5 Å². The monoisotopic (exact) mass is 274 g/mol. The van der Waals surface area contributed by atoms with Gasteiger partial charge in [-0.15, -0.1) is 11.3 Å². The number of carbonyl (C=O) groups is 1. The molecule has 0 atom stereocenters. The molecular weight excluding hydrogens is 256 g/mol. The first-order chi connectivity index (χ1) is 9.06. The van der Waals surface area contributed by atoms with Crippen molar-refractivity contribution in [3.8, 4) is 0 Å². The lowest BCUT2D eigenvalue weighted by molar-refractivity contribution is -0.114. The Labute approximate surface area is 117 Å². The van der Waals surface area contributed by atoms with Crippen LogP contribution in [0.4, 0.5) is 11.4 Å². The van der Waals surface area contributed by atoms with Gasteiger partial charge in [0.2, 0.25) is 5.91 Å². The van der Waals surface area contributed by atoms with E-state index in [0.29, 0.717) is 0 Å². The number of amides is 1. The van der Waals surface area contributed by atoms with E-state index in [2.05, 4.69) is 42.7 Å². The molecule has 2 N–H and O–H groups in total. The van der Waals surface area contributed by atoms with Crippen LogP contribution in [-0.2, 0) is 11.3 Å². The van der Waals surface area contributed by atoms with E-state index < -0.39 is 0 Å². The summed E-state index contributed by atoms with van der Waals surface area (Å²) in [6.45, 7) is 6.43. The number of nitrogens with one attached hydrogen (secondary N) is 2. The van der Waals surface area contributed by atoms with Crippen LogP contribution in [0, 0.1) is 13.8 Å². The van der Waals surface area contributed by atoms with Gasteiger partial charge in [-0.1, -0.05) is 17.7 Å². The minimum absolute atomic E-state index is 0.0360. The van der Waals surface area contributed by atoms with Gasteiger partial charge in [0.05, 0.1) is 12.2 Å². The Hall–Kier alpha value is -1.81. The molecule has 1 aromatic carbocycles. The Kier molecular flexibility index (Phi) is 4.22. The highest BCUT2D eigenvalue weighted by Crippen LogP contribution is 2.24. The second kappa shape index (κ2) is 5.89. The number of rotatable bonds is 4. The molecule has 0 bridgehead atoms. The van der Waals surface area contributed by atoms with Crippen LogP contribution in [0.1, 0.15) is 22.9 Å². The number of benzene rings is 1. The maximum absolute atomic E-state index is 11.1. The quantitative estimate of drug-likeness (QED) is 0.886. The zero-order valence-corrected chi connectivity index (χ0v) is 12.2. The Balaban J connectivity index is 2.06. The summed E-state index contributed by atoms with van der Waals surface area (Å²) in [6.07, 6.45) is 0. The van der Waals surface area contributed by atoms with E-state index in [1.54, 1.807) is 11.3 Å².